The van der Waals surface area contributed by atoms with Gasteiger partial charge in [0.15, 0.2) is 0 Å². The molecule has 2 N–H and O–H groups in total. The van der Waals surface area contributed by atoms with Gasteiger partial charge in [0.25, 0.3) is 0 Å². The van der Waals surface area contributed by atoms with Gasteiger partial charge >= 0.3 is 0 Å². The van der Waals surface area contributed by atoms with E-state index in [1.54, 1.807) is 0 Å². The lowest BCUT2D eigenvalue weighted by molar-refractivity contribution is 0.278. The standard InChI is InChI=1S/C17H23N3/c1-11-5-6-19-16(7-11)20-12(2)8-13-14(18)9-17(3,4)10-15(13)20/h5-8,14H,9-10,18H2,1-4H3. The first-order chi connectivity index (χ1) is 9.37. The lowest BCUT2D eigenvalue weighted by Crippen LogP contribution is -2.30. The van der Waals surface area contributed by atoms with E-state index in [1.165, 1.54) is 22.5 Å². The Hall–Kier alpha value is -1.61. The lowest BCUT2D eigenvalue weighted by Gasteiger charge is -2.34. The molecule has 2 aromatic rings. The van der Waals surface area contributed by atoms with Gasteiger partial charge in [-0.3, -0.25) is 0 Å². The van der Waals surface area contributed by atoms with Crippen LogP contribution in [0.25, 0.3) is 5.82 Å². The zero-order valence-corrected chi connectivity index (χ0v) is 12.8. The van der Waals surface area contributed by atoms with Crippen molar-refractivity contribution in [1.29, 1.82) is 0 Å². The zero-order chi connectivity index (χ0) is 14.5. The maximum Gasteiger partial charge on any atom is 0.137 e. The molecule has 20 heavy (non-hydrogen) atoms. The van der Waals surface area contributed by atoms with E-state index < -0.39 is 0 Å². The molecule has 1 aliphatic carbocycles. The van der Waals surface area contributed by atoms with E-state index in [9.17, 15) is 0 Å². The molecular formula is C17H23N3. The zero-order valence-electron chi connectivity index (χ0n) is 12.8. The van der Waals surface area contributed by atoms with Crippen LogP contribution in [-0.2, 0) is 6.42 Å². The quantitative estimate of drug-likeness (QED) is 0.861. The highest BCUT2D eigenvalue weighted by Gasteiger charge is 2.33. The summed E-state index contributed by atoms with van der Waals surface area (Å²) in [6.07, 6.45) is 3.98. The average Bonchev–Trinajstić information content (AvgIpc) is 2.64. The minimum Gasteiger partial charge on any atom is -0.324 e. The molecule has 3 nitrogen and oxygen atoms in total. The van der Waals surface area contributed by atoms with Crippen molar-refractivity contribution < 1.29 is 0 Å². The van der Waals surface area contributed by atoms with Gasteiger partial charge in [-0.1, -0.05) is 13.8 Å². The molecule has 3 heteroatoms. The number of hydrogen-bond donors (Lipinski definition) is 1. The maximum atomic E-state index is 6.38. The van der Waals surface area contributed by atoms with Crippen molar-refractivity contribution in [3.8, 4) is 5.82 Å². The highest BCUT2D eigenvalue weighted by molar-refractivity contribution is 5.41. The molecule has 1 unspecified atom stereocenters. The van der Waals surface area contributed by atoms with Crippen LogP contribution < -0.4 is 5.73 Å². The number of rotatable bonds is 1. The molecule has 106 valence electrons. The first kappa shape index (κ1) is 13.4. The fraction of sp³-hybridized carbons (Fsp3) is 0.471. The summed E-state index contributed by atoms with van der Waals surface area (Å²) in [6.45, 7) is 8.84. The second-order valence-electron chi connectivity index (χ2n) is 6.87. The number of nitrogens with two attached hydrogens (primary N) is 1. The fourth-order valence-corrected chi connectivity index (χ4v) is 3.41. The van der Waals surface area contributed by atoms with Crippen LogP contribution in [0.5, 0.6) is 0 Å². The molecule has 0 aliphatic heterocycles. The number of pyridine rings is 1. The minimum absolute atomic E-state index is 0.138. The number of hydrogen-bond acceptors (Lipinski definition) is 2. The largest absolute Gasteiger partial charge is 0.324 e. The predicted octanol–water partition coefficient (Wildman–Crippen LogP) is 3.46. The van der Waals surface area contributed by atoms with Gasteiger partial charge in [-0.25, -0.2) is 4.98 Å². The molecular weight excluding hydrogens is 246 g/mol. The molecule has 1 atom stereocenters. The molecule has 0 amide bonds. The molecule has 0 saturated carbocycles. The molecule has 0 spiro atoms. The third kappa shape index (κ3) is 2.16. The normalized spacial score (nSPS) is 20.8. The highest BCUT2D eigenvalue weighted by Crippen LogP contribution is 2.41. The van der Waals surface area contributed by atoms with Gasteiger partial charge in [0.1, 0.15) is 5.82 Å². The van der Waals surface area contributed by atoms with Crippen molar-refractivity contribution in [2.45, 2.75) is 46.6 Å². The Labute approximate surface area is 120 Å². The summed E-state index contributed by atoms with van der Waals surface area (Å²) < 4.78 is 2.28. The van der Waals surface area contributed by atoms with E-state index >= 15 is 0 Å². The Morgan fingerprint density at radius 2 is 2.05 bits per heavy atom. The summed E-state index contributed by atoms with van der Waals surface area (Å²) >= 11 is 0. The summed E-state index contributed by atoms with van der Waals surface area (Å²) in [6, 6.07) is 6.54. The summed E-state index contributed by atoms with van der Waals surface area (Å²) in [5, 5.41) is 0. The Morgan fingerprint density at radius 1 is 1.30 bits per heavy atom. The van der Waals surface area contributed by atoms with Gasteiger partial charge in [-0.15, -0.1) is 0 Å². The SMILES string of the molecule is Cc1ccnc(-n2c(C)cc3c2CC(C)(C)CC3N)c1. The van der Waals surface area contributed by atoms with E-state index in [-0.39, 0.29) is 11.5 Å². The van der Waals surface area contributed by atoms with Crippen LogP contribution in [0.2, 0.25) is 0 Å². The van der Waals surface area contributed by atoms with Crippen molar-refractivity contribution in [2.75, 3.05) is 0 Å². The number of fused-ring (bicyclic) bond motifs is 1. The third-order valence-electron chi connectivity index (χ3n) is 4.27. The van der Waals surface area contributed by atoms with E-state index in [1.807, 2.05) is 12.3 Å². The van der Waals surface area contributed by atoms with Crippen molar-refractivity contribution in [1.82, 2.24) is 9.55 Å². The molecule has 3 rings (SSSR count). The predicted molar refractivity (Wildman–Crippen MR) is 82.1 cm³/mol. The second-order valence-corrected chi connectivity index (χ2v) is 6.87. The van der Waals surface area contributed by atoms with Gasteiger partial charge in [-0.05, 0) is 61.4 Å². The third-order valence-corrected chi connectivity index (χ3v) is 4.27. The first-order valence-electron chi connectivity index (χ1n) is 7.27. The number of aryl methyl sites for hydroxylation is 2. The van der Waals surface area contributed by atoms with E-state index in [4.69, 9.17) is 5.73 Å². The molecule has 0 saturated heterocycles. The van der Waals surface area contributed by atoms with Crippen LogP contribution in [0.3, 0.4) is 0 Å². The number of aromatic nitrogens is 2. The van der Waals surface area contributed by atoms with Crippen molar-refractivity contribution in [3.63, 3.8) is 0 Å². The van der Waals surface area contributed by atoms with Crippen molar-refractivity contribution in [3.05, 3.63) is 46.9 Å². The Kier molecular flexibility index (Phi) is 2.98. The topological polar surface area (TPSA) is 43.8 Å². The van der Waals surface area contributed by atoms with Gasteiger partial charge in [0.05, 0.1) is 0 Å². The molecule has 2 heterocycles. The van der Waals surface area contributed by atoms with Crippen LogP contribution in [-0.4, -0.2) is 9.55 Å². The van der Waals surface area contributed by atoms with Crippen LogP contribution >= 0.6 is 0 Å². The van der Waals surface area contributed by atoms with Gasteiger partial charge in [0.2, 0.25) is 0 Å². The Bertz CT molecular complexity index is 652. The van der Waals surface area contributed by atoms with Crippen LogP contribution in [0.15, 0.2) is 24.4 Å². The summed E-state index contributed by atoms with van der Waals surface area (Å²) in [7, 11) is 0. The summed E-state index contributed by atoms with van der Waals surface area (Å²) in [5.74, 6) is 1.01. The highest BCUT2D eigenvalue weighted by atomic mass is 15.1. The number of nitrogens with zero attached hydrogens (tertiary/aromatic N) is 2. The van der Waals surface area contributed by atoms with Crippen LogP contribution in [0.1, 0.15) is 48.8 Å². The van der Waals surface area contributed by atoms with Gasteiger partial charge < -0.3 is 10.3 Å². The fourth-order valence-electron chi connectivity index (χ4n) is 3.41. The molecule has 0 bridgehead atoms. The van der Waals surface area contributed by atoms with E-state index in [0.717, 1.165) is 18.7 Å². The molecule has 2 aromatic heterocycles. The smallest absolute Gasteiger partial charge is 0.137 e. The maximum absolute atomic E-state index is 6.38. The Balaban J connectivity index is 2.19. The average molecular weight is 269 g/mol. The molecule has 0 radical (unpaired) electrons. The first-order valence-corrected chi connectivity index (χ1v) is 7.27. The molecule has 0 fully saturated rings. The van der Waals surface area contributed by atoms with E-state index in [2.05, 4.69) is 49.4 Å². The van der Waals surface area contributed by atoms with Gasteiger partial charge in [-0.2, -0.15) is 0 Å². The van der Waals surface area contributed by atoms with Gasteiger partial charge in [0, 0.05) is 23.6 Å². The van der Waals surface area contributed by atoms with E-state index in [0.29, 0.717) is 0 Å². The Morgan fingerprint density at radius 3 is 2.75 bits per heavy atom. The van der Waals surface area contributed by atoms with Crippen molar-refractivity contribution >= 4 is 0 Å². The molecule has 1 aliphatic rings. The lowest BCUT2D eigenvalue weighted by atomic mass is 9.74. The minimum atomic E-state index is 0.138. The summed E-state index contributed by atoms with van der Waals surface area (Å²) in [5.41, 5.74) is 11.7. The van der Waals surface area contributed by atoms with Crippen LogP contribution in [0.4, 0.5) is 0 Å². The van der Waals surface area contributed by atoms with Crippen LogP contribution in [0, 0.1) is 19.3 Å². The second kappa shape index (κ2) is 4.45. The summed E-state index contributed by atoms with van der Waals surface area (Å²) in [4.78, 5) is 4.55. The van der Waals surface area contributed by atoms with Crippen molar-refractivity contribution in [2.24, 2.45) is 11.1 Å². The molecule has 0 aromatic carbocycles. The monoisotopic (exact) mass is 269 g/mol.